The van der Waals surface area contributed by atoms with Crippen LogP contribution < -0.4 is 4.74 Å². The minimum Gasteiger partial charge on any atom is -0.467 e. The van der Waals surface area contributed by atoms with Gasteiger partial charge in [0.05, 0.1) is 25.9 Å². The fourth-order valence-electron chi connectivity index (χ4n) is 7.10. The van der Waals surface area contributed by atoms with Crippen LogP contribution in [0.5, 0.6) is 5.75 Å². The van der Waals surface area contributed by atoms with Crippen LogP contribution in [0.15, 0.2) is 48.5 Å². The van der Waals surface area contributed by atoms with Crippen molar-refractivity contribution >= 4 is 17.8 Å². The van der Waals surface area contributed by atoms with Gasteiger partial charge in [-0.1, -0.05) is 30.3 Å². The summed E-state index contributed by atoms with van der Waals surface area (Å²) in [5, 5.41) is 0. The lowest BCUT2D eigenvalue weighted by Crippen LogP contribution is -2.48. The highest BCUT2D eigenvalue weighted by Crippen LogP contribution is 2.61. The third-order valence-corrected chi connectivity index (χ3v) is 8.36. The lowest BCUT2D eigenvalue weighted by molar-refractivity contribution is -0.0190. The van der Waals surface area contributed by atoms with Gasteiger partial charge in [-0.2, -0.15) is 0 Å². The summed E-state index contributed by atoms with van der Waals surface area (Å²) in [6.07, 6.45) is 11.1. The highest BCUT2D eigenvalue weighted by molar-refractivity contribution is 6.07. The molecule has 0 N–H and O–H groups in total. The van der Waals surface area contributed by atoms with E-state index in [0.717, 1.165) is 29.1 Å². The van der Waals surface area contributed by atoms with E-state index in [1.54, 1.807) is 43.5 Å². The van der Waals surface area contributed by atoms with Crippen LogP contribution in [0, 0.1) is 17.8 Å². The molecule has 0 unspecified atom stereocenters. The molecule has 0 atom stereocenters. The first-order valence-electron chi connectivity index (χ1n) is 13.2. The Kier molecular flexibility index (Phi) is 7.77. The molecular formula is C31H36O6. The molecule has 0 aliphatic heterocycles. The van der Waals surface area contributed by atoms with Crippen LogP contribution in [0.1, 0.15) is 70.4 Å². The van der Waals surface area contributed by atoms with E-state index in [4.69, 9.17) is 18.9 Å². The van der Waals surface area contributed by atoms with Crippen molar-refractivity contribution in [2.24, 2.45) is 17.8 Å². The Balaban J connectivity index is 1.36. The summed E-state index contributed by atoms with van der Waals surface area (Å²) >= 11 is 0. The average Bonchev–Trinajstić information content (AvgIpc) is 2.90. The van der Waals surface area contributed by atoms with Gasteiger partial charge in [0.25, 0.3) is 0 Å². The molecular weight excluding hydrogens is 468 g/mol. The number of ether oxygens (including phenoxy) is 4. The zero-order chi connectivity index (χ0) is 25.8. The highest BCUT2D eigenvalue weighted by Gasteiger charge is 2.52. The molecule has 6 rings (SSSR count). The van der Waals surface area contributed by atoms with Crippen molar-refractivity contribution in [2.45, 2.75) is 43.9 Å². The Labute approximate surface area is 218 Å². The Morgan fingerprint density at radius 1 is 0.892 bits per heavy atom. The summed E-state index contributed by atoms with van der Waals surface area (Å²) in [5.74, 6) is 2.72. The molecule has 2 aromatic rings. The molecule has 4 aliphatic rings. The molecule has 0 heterocycles. The number of benzene rings is 2. The van der Waals surface area contributed by atoms with Gasteiger partial charge in [0, 0.05) is 18.2 Å². The molecule has 4 aliphatic carbocycles. The lowest BCUT2D eigenvalue weighted by Gasteiger charge is -2.57. The molecule has 6 heteroatoms. The molecule has 37 heavy (non-hydrogen) atoms. The first kappa shape index (κ1) is 25.7. The maximum Gasteiger partial charge on any atom is 0.337 e. The van der Waals surface area contributed by atoms with E-state index >= 15 is 0 Å². The number of rotatable bonds is 11. The van der Waals surface area contributed by atoms with Gasteiger partial charge in [-0.3, -0.25) is 4.79 Å². The summed E-state index contributed by atoms with van der Waals surface area (Å²) in [5.41, 5.74) is 3.27. The van der Waals surface area contributed by atoms with E-state index < -0.39 is 0 Å². The van der Waals surface area contributed by atoms with Gasteiger partial charge < -0.3 is 18.9 Å². The first-order valence-corrected chi connectivity index (χ1v) is 13.2. The summed E-state index contributed by atoms with van der Waals surface area (Å²) in [7, 11) is 3.00. The molecule has 4 bridgehead atoms. The summed E-state index contributed by atoms with van der Waals surface area (Å²) < 4.78 is 21.6. The van der Waals surface area contributed by atoms with Crippen LogP contribution in [-0.2, 0) is 19.6 Å². The Morgan fingerprint density at radius 3 is 2.16 bits per heavy atom. The fraction of sp³-hybridized carbons (Fsp3) is 0.484. The minimum absolute atomic E-state index is 0.0979. The van der Waals surface area contributed by atoms with Gasteiger partial charge in [0.15, 0.2) is 12.6 Å². The van der Waals surface area contributed by atoms with E-state index in [9.17, 15) is 9.59 Å². The van der Waals surface area contributed by atoms with Crippen molar-refractivity contribution in [3.05, 3.63) is 70.8 Å². The summed E-state index contributed by atoms with van der Waals surface area (Å²) in [6.45, 7) is 1.09. The number of carbonyl (C=O) groups excluding carboxylic acids is 2. The number of ketones is 1. The molecule has 4 fully saturated rings. The predicted molar refractivity (Wildman–Crippen MR) is 141 cm³/mol. The minimum atomic E-state index is -0.385. The van der Waals surface area contributed by atoms with Crippen LogP contribution in [0.2, 0.25) is 0 Å². The number of hydrogen-bond acceptors (Lipinski definition) is 6. The summed E-state index contributed by atoms with van der Waals surface area (Å²) in [4.78, 5) is 24.7. The second-order valence-electron chi connectivity index (χ2n) is 10.9. The molecule has 0 spiro atoms. The van der Waals surface area contributed by atoms with E-state index in [0.29, 0.717) is 24.3 Å². The van der Waals surface area contributed by atoms with Crippen molar-refractivity contribution in [3.63, 3.8) is 0 Å². The summed E-state index contributed by atoms with van der Waals surface area (Å²) in [6, 6.07) is 12.9. The number of hydrogen-bond donors (Lipinski definition) is 0. The average molecular weight is 505 g/mol. The van der Waals surface area contributed by atoms with Gasteiger partial charge in [-0.15, -0.1) is 0 Å². The number of allylic oxidation sites excluding steroid dienone is 1. The fourth-order valence-corrected chi connectivity index (χ4v) is 7.10. The predicted octanol–water partition coefficient (Wildman–Crippen LogP) is 5.84. The molecule has 0 radical (unpaired) electrons. The normalized spacial score (nSPS) is 25.9. The van der Waals surface area contributed by atoms with Gasteiger partial charge in [0.2, 0.25) is 0 Å². The second kappa shape index (κ2) is 11.2. The third kappa shape index (κ3) is 5.65. The van der Waals surface area contributed by atoms with Crippen molar-refractivity contribution in [2.75, 3.05) is 34.2 Å². The lowest BCUT2D eigenvalue weighted by atomic mass is 9.48. The Morgan fingerprint density at radius 2 is 1.54 bits per heavy atom. The Hall–Kier alpha value is -2.96. The van der Waals surface area contributed by atoms with Crippen molar-refractivity contribution in [1.82, 2.24) is 0 Å². The molecule has 6 nitrogen and oxygen atoms in total. The smallest absolute Gasteiger partial charge is 0.337 e. The van der Waals surface area contributed by atoms with Gasteiger partial charge in [-0.05, 0) is 91.5 Å². The zero-order valence-corrected chi connectivity index (χ0v) is 21.7. The SMILES string of the molecule is COCCOCOc1cc(C(=O)C=Cc2ccc(C(=O)OC)cc2)ccc1C12CC3CC(CC(C3)C1)C2. The van der Waals surface area contributed by atoms with E-state index in [1.165, 1.54) is 51.2 Å². The maximum atomic E-state index is 13.1. The standard InChI is InChI=1S/C31H36O6/c1-34-11-12-36-20-37-29-16-26(28(32)10-5-21-3-6-25(7-4-21)30(33)35-2)8-9-27(29)31-17-22-13-23(18-31)15-24(14-22)19-31/h3-10,16,22-24H,11-15,17-20H2,1-2H3. The number of methoxy groups -OCH3 is 2. The Bertz CT molecular complexity index is 1110. The van der Waals surface area contributed by atoms with Crippen molar-refractivity contribution in [3.8, 4) is 5.75 Å². The molecule has 0 saturated heterocycles. The van der Waals surface area contributed by atoms with Crippen LogP contribution in [0.4, 0.5) is 0 Å². The maximum absolute atomic E-state index is 13.1. The van der Waals surface area contributed by atoms with E-state index in [2.05, 4.69) is 6.07 Å². The molecule has 196 valence electrons. The molecule has 0 aromatic heterocycles. The van der Waals surface area contributed by atoms with Crippen LogP contribution >= 0.6 is 0 Å². The van der Waals surface area contributed by atoms with Gasteiger partial charge in [-0.25, -0.2) is 4.79 Å². The number of carbonyl (C=O) groups is 2. The largest absolute Gasteiger partial charge is 0.467 e. The monoisotopic (exact) mass is 504 g/mol. The van der Waals surface area contributed by atoms with Crippen LogP contribution in [0.3, 0.4) is 0 Å². The first-order chi connectivity index (χ1) is 18.0. The number of esters is 1. The molecule has 0 amide bonds. The van der Waals surface area contributed by atoms with Gasteiger partial charge in [0.1, 0.15) is 5.75 Å². The van der Waals surface area contributed by atoms with E-state index in [-0.39, 0.29) is 24.0 Å². The zero-order valence-electron chi connectivity index (χ0n) is 21.7. The molecule has 4 saturated carbocycles. The third-order valence-electron chi connectivity index (χ3n) is 8.36. The second-order valence-corrected chi connectivity index (χ2v) is 10.9. The van der Waals surface area contributed by atoms with E-state index in [1.807, 2.05) is 12.1 Å². The quantitative estimate of drug-likeness (QED) is 0.126. The van der Waals surface area contributed by atoms with Crippen LogP contribution in [-0.4, -0.2) is 46.0 Å². The van der Waals surface area contributed by atoms with Crippen molar-refractivity contribution < 1.29 is 28.5 Å². The topological polar surface area (TPSA) is 71.1 Å². The van der Waals surface area contributed by atoms with Crippen molar-refractivity contribution in [1.29, 1.82) is 0 Å². The highest BCUT2D eigenvalue weighted by atomic mass is 16.7. The van der Waals surface area contributed by atoms with Crippen LogP contribution in [0.25, 0.3) is 6.08 Å². The molecule has 2 aromatic carbocycles. The van der Waals surface area contributed by atoms with Gasteiger partial charge >= 0.3 is 5.97 Å².